The first-order valence-electron chi connectivity index (χ1n) is 12.5. The minimum atomic E-state index is -0.299. The Morgan fingerprint density at radius 2 is 1.75 bits per heavy atom. The number of rotatable bonds is 6. The lowest BCUT2D eigenvalue weighted by Crippen LogP contribution is -2.51. The number of carbonyl (C=O) groups excluding carboxylic acids is 2. The largest absolute Gasteiger partial charge is 0.379 e. The summed E-state index contributed by atoms with van der Waals surface area (Å²) in [6, 6.07) is 10.5. The molecule has 0 saturated carbocycles. The molecule has 0 spiro atoms. The molecule has 0 bridgehead atoms. The van der Waals surface area contributed by atoms with Gasteiger partial charge in [-0.1, -0.05) is 43.7 Å². The lowest BCUT2D eigenvalue weighted by atomic mass is 9.69. The number of morpholine rings is 1. The fourth-order valence-electron chi connectivity index (χ4n) is 5.68. The smallest absolute Gasteiger partial charge is 0.236 e. The van der Waals surface area contributed by atoms with Crippen LogP contribution < -0.4 is 0 Å². The van der Waals surface area contributed by atoms with E-state index in [4.69, 9.17) is 4.74 Å². The molecule has 6 heteroatoms. The molecule has 0 aromatic heterocycles. The predicted octanol–water partition coefficient (Wildman–Crippen LogP) is 2.82. The van der Waals surface area contributed by atoms with Crippen LogP contribution in [0.1, 0.15) is 44.6 Å². The van der Waals surface area contributed by atoms with Crippen LogP contribution in [0, 0.1) is 11.3 Å². The minimum Gasteiger partial charge on any atom is -0.379 e. The van der Waals surface area contributed by atoms with Gasteiger partial charge in [-0.15, -0.1) is 0 Å². The molecule has 1 aromatic rings. The molecule has 4 rings (SSSR count). The zero-order valence-corrected chi connectivity index (χ0v) is 19.6. The number of amides is 2. The Morgan fingerprint density at radius 3 is 2.47 bits per heavy atom. The number of nitrogens with zero attached hydrogens (tertiary/aromatic N) is 3. The van der Waals surface area contributed by atoms with Crippen molar-refractivity contribution in [3.05, 3.63) is 35.9 Å². The summed E-state index contributed by atoms with van der Waals surface area (Å²) in [6.07, 6.45) is 5.96. The molecule has 3 aliphatic heterocycles. The summed E-state index contributed by atoms with van der Waals surface area (Å²) < 4.78 is 5.39. The van der Waals surface area contributed by atoms with Gasteiger partial charge in [-0.05, 0) is 43.6 Å². The molecule has 3 saturated heterocycles. The van der Waals surface area contributed by atoms with Crippen molar-refractivity contribution < 1.29 is 14.3 Å². The lowest BCUT2D eigenvalue weighted by Gasteiger charge is -2.43. The summed E-state index contributed by atoms with van der Waals surface area (Å²) in [5, 5.41) is 0. The molecule has 0 N–H and O–H groups in total. The molecule has 2 amide bonds. The van der Waals surface area contributed by atoms with E-state index >= 15 is 0 Å². The van der Waals surface area contributed by atoms with Gasteiger partial charge in [-0.25, -0.2) is 0 Å². The Balaban J connectivity index is 1.32. The van der Waals surface area contributed by atoms with E-state index in [1.54, 1.807) is 0 Å². The highest BCUT2D eigenvalue weighted by molar-refractivity contribution is 5.83. The second kappa shape index (κ2) is 10.8. The number of hydrogen-bond acceptors (Lipinski definition) is 4. The highest BCUT2D eigenvalue weighted by Crippen LogP contribution is 2.42. The van der Waals surface area contributed by atoms with Gasteiger partial charge in [-0.3, -0.25) is 14.5 Å². The highest BCUT2D eigenvalue weighted by Gasteiger charge is 2.45. The van der Waals surface area contributed by atoms with Crippen molar-refractivity contribution in [1.82, 2.24) is 14.7 Å². The maximum absolute atomic E-state index is 13.7. The van der Waals surface area contributed by atoms with Crippen molar-refractivity contribution in [2.24, 2.45) is 11.3 Å². The number of hydrogen-bond donors (Lipinski definition) is 0. The van der Waals surface area contributed by atoms with E-state index in [1.165, 1.54) is 5.56 Å². The van der Waals surface area contributed by atoms with E-state index in [0.29, 0.717) is 18.4 Å². The summed E-state index contributed by atoms with van der Waals surface area (Å²) in [5.41, 5.74) is 0.991. The van der Waals surface area contributed by atoms with Gasteiger partial charge in [0.15, 0.2) is 0 Å². The summed E-state index contributed by atoms with van der Waals surface area (Å²) in [6.45, 7) is 9.05. The van der Waals surface area contributed by atoms with E-state index < -0.39 is 0 Å². The molecule has 3 aliphatic rings. The maximum atomic E-state index is 13.7. The maximum Gasteiger partial charge on any atom is 0.236 e. The SMILES string of the molecule is C[C@]1(C2CCN(C(=O)CN3CCOCC3)CC2)CCCCN(CCc2ccccc2)C1=O. The van der Waals surface area contributed by atoms with Gasteiger partial charge in [0.25, 0.3) is 0 Å². The van der Waals surface area contributed by atoms with Crippen LogP contribution in [-0.2, 0) is 20.7 Å². The predicted molar refractivity (Wildman–Crippen MR) is 125 cm³/mol. The molecule has 0 unspecified atom stereocenters. The molecular weight excluding hydrogens is 402 g/mol. The fourth-order valence-corrected chi connectivity index (χ4v) is 5.68. The third-order valence-electron chi connectivity index (χ3n) is 7.87. The summed E-state index contributed by atoms with van der Waals surface area (Å²) in [5.74, 6) is 0.927. The summed E-state index contributed by atoms with van der Waals surface area (Å²) >= 11 is 0. The number of benzene rings is 1. The van der Waals surface area contributed by atoms with Crippen molar-refractivity contribution in [2.75, 3.05) is 59.0 Å². The van der Waals surface area contributed by atoms with Crippen molar-refractivity contribution >= 4 is 11.8 Å². The first kappa shape index (κ1) is 23.2. The van der Waals surface area contributed by atoms with Crippen LogP contribution in [0.5, 0.6) is 0 Å². The van der Waals surface area contributed by atoms with Crippen LogP contribution in [0.2, 0.25) is 0 Å². The van der Waals surface area contributed by atoms with Crippen LogP contribution in [-0.4, -0.2) is 85.5 Å². The highest BCUT2D eigenvalue weighted by atomic mass is 16.5. The third-order valence-corrected chi connectivity index (χ3v) is 7.87. The van der Waals surface area contributed by atoms with E-state index in [1.807, 2.05) is 11.0 Å². The Labute approximate surface area is 192 Å². The van der Waals surface area contributed by atoms with Crippen LogP contribution in [0.3, 0.4) is 0 Å². The molecule has 0 aliphatic carbocycles. The topological polar surface area (TPSA) is 53.1 Å². The lowest BCUT2D eigenvalue weighted by molar-refractivity contribution is -0.146. The van der Waals surface area contributed by atoms with Gasteiger partial charge in [0, 0.05) is 44.7 Å². The standard InChI is InChI=1S/C26H39N3O3/c1-26(12-5-6-13-29(25(26)31)14-9-22-7-3-2-4-8-22)23-10-15-28(16-11-23)24(30)21-27-17-19-32-20-18-27/h2-4,7-8,23H,5-6,9-21H2,1H3/t26-/m1/s1. The average molecular weight is 442 g/mol. The molecule has 1 atom stereocenters. The zero-order chi connectivity index (χ0) is 22.4. The van der Waals surface area contributed by atoms with E-state index in [2.05, 4.69) is 41.0 Å². The fraction of sp³-hybridized carbons (Fsp3) is 0.692. The summed E-state index contributed by atoms with van der Waals surface area (Å²) in [7, 11) is 0. The Hall–Kier alpha value is -1.92. The van der Waals surface area contributed by atoms with Gasteiger partial charge in [0.2, 0.25) is 11.8 Å². The quantitative estimate of drug-likeness (QED) is 0.681. The molecular formula is C26H39N3O3. The van der Waals surface area contributed by atoms with Crippen molar-refractivity contribution in [2.45, 2.75) is 45.4 Å². The second-order valence-electron chi connectivity index (χ2n) is 9.95. The van der Waals surface area contributed by atoms with Crippen LogP contribution in [0.4, 0.5) is 0 Å². The van der Waals surface area contributed by atoms with Crippen molar-refractivity contribution in [3.63, 3.8) is 0 Å². The van der Waals surface area contributed by atoms with Crippen molar-refractivity contribution in [3.8, 4) is 0 Å². The molecule has 32 heavy (non-hydrogen) atoms. The van der Waals surface area contributed by atoms with Gasteiger partial charge < -0.3 is 14.5 Å². The van der Waals surface area contributed by atoms with Gasteiger partial charge in [0.05, 0.1) is 19.8 Å². The van der Waals surface area contributed by atoms with Crippen molar-refractivity contribution in [1.29, 1.82) is 0 Å². The van der Waals surface area contributed by atoms with Crippen LogP contribution in [0.25, 0.3) is 0 Å². The normalized spacial score (nSPS) is 26.2. The molecule has 3 heterocycles. The number of likely N-dealkylation sites (tertiary alicyclic amines) is 2. The Bertz CT molecular complexity index is 757. The third kappa shape index (κ3) is 5.52. The number of ether oxygens (including phenoxy) is 1. The molecule has 6 nitrogen and oxygen atoms in total. The van der Waals surface area contributed by atoms with Gasteiger partial charge in [0.1, 0.15) is 0 Å². The first-order valence-corrected chi connectivity index (χ1v) is 12.5. The second-order valence-corrected chi connectivity index (χ2v) is 9.95. The number of carbonyl (C=O) groups is 2. The van der Waals surface area contributed by atoms with Gasteiger partial charge in [-0.2, -0.15) is 0 Å². The molecule has 176 valence electrons. The first-order chi connectivity index (χ1) is 15.6. The Kier molecular flexibility index (Phi) is 7.84. The molecule has 1 aromatic carbocycles. The summed E-state index contributed by atoms with van der Waals surface area (Å²) in [4.78, 5) is 32.8. The van der Waals surface area contributed by atoms with Gasteiger partial charge >= 0.3 is 0 Å². The average Bonchev–Trinajstić information content (AvgIpc) is 2.98. The molecule has 3 fully saturated rings. The van der Waals surface area contributed by atoms with E-state index in [0.717, 1.165) is 91.0 Å². The monoisotopic (exact) mass is 441 g/mol. The van der Waals surface area contributed by atoms with E-state index in [9.17, 15) is 9.59 Å². The van der Waals surface area contributed by atoms with Crippen LogP contribution >= 0.6 is 0 Å². The van der Waals surface area contributed by atoms with E-state index in [-0.39, 0.29) is 11.3 Å². The zero-order valence-electron chi connectivity index (χ0n) is 19.6. The minimum absolute atomic E-state index is 0.229. The van der Waals surface area contributed by atoms with Crippen LogP contribution in [0.15, 0.2) is 30.3 Å². The molecule has 0 radical (unpaired) electrons. The Morgan fingerprint density at radius 1 is 1.03 bits per heavy atom. The number of piperidine rings is 1.